The Morgan fingerprint density at radius 3 is 2.68 bits per heavy atom. The number of likely N-dealkylation sites (tertiary alicyclic amines) is 1. The molecular weight excluding hydrogens is 412 g/mol. The minimum absolute atomic E-state index is 0.0518. The van der Waals surface area contributed by atoms with E-state index in [4.69, 9.17) is 4.74 Å². The van der Waals surface area contributed by atoms with Crippen LogP contribution < -0.4 is 10.1 Å². The van der Waals surface area contributed by atoms with Gasteiger partial charge in [0.25, 0.3) is 11.8 Å². The molecule has 1 unspecified atom stereocenters. The predicted molar refractivity (Wildman–Crippen MR) is 120 cm³/mol. The molecule has 8 heteroatoms. The van der Waals surface area contributed by atoms with E-state index in [1.807, 2.05) is 48.2 Å². The van der Waals surface area contributed by atoms with Gasteiger partial charge in [-0.25, -0.2) is 0 Å². The molecule has 7 nitrogen and oxygen atoms in total. The Morgan fingerprint density at radius 1 is 1.13 bits per heavy atom. The maximum Gasteiger partial charge on any atom is 0.286 e. The first kappa shape index (κ1) is 21.0. The largest absolute Gasteiger partial charge is 0.496 e. The fourth-order valence-electron chi connectivity index (χ4n) is 3.67. The second-order valence-electron chi connectivity index (χ2n) is 7.56. The van der Waals surface area contributed by atoms with Gasteiger partial charge in [-0.1, -0.05) is 41.2 Å². The number of nitrogens with zero attached hydrogens (tertiary/aromatic N) is 3. The number of amides is 2. The molecule has 0 spiro atoms. The molecule has 2 heterocycles. The van der Waals surface area contributed by atoms with E-state index in [0.29, 0.717) is 29.4 Å². The highest BCUT2D eigenvalue weighted by atomic mass is 32.1. The van der Waals surface area contributed by atoms with Crippen molar-refractivity contribution in [2.24, 2.45) is 0 Å². The maximum atomic E-state index is 13.0. The quantitative estimate of drug-likeness (QED) is 0.650. The van der Waals surface area contributed by atoms with Crippen LogP contribution in [0, 0.1) is 6.92 Å². The van der Waals surface area contributed by atoms with Crippen molar-refractivity contribution in [2.75, 3.05) is 25.5 Å². The summed E-state index contributed by atoms with van der Waals surface area (Å²) in [6.07, 6.45) is 1.78. The molecule has 3 aromatic rings. The van der Waals surface area contributed by atoms with Crippen LogP contribution in [-0.2, 0) is 0 Å². The molecule has 0 saturated carbocycles. The fraction of sp³-hybridized carbons (Fsp3) is 0.304. The molecule has 1 aliphatic rings. The van der Waals surface area contributed by atoms with Crippen molar-refractivity contribution >= 4 is 28.8 Å². The van der Waals surface area contributed by atoms with Crippen molar-refractivity contribution in [2.45, 2.75) is 25.7 Å². The third-order valence-corrected chi connectivity index (χ3v) is 6.42. The zero-order chi connectivity index (χ0) is 21.8. The molecule has 0 bridgehead atoms. The number of anilines is 1. The molecule has 1 N–H and O–H groups in total. The number of nitrogens with one attached hydrogen (secondary N) is 1. The van der Waals surface area contributed by atoms with E-state index in [1.54, 1.807) is 19.2 Å². The smallest absolute Gasteiger partial charge is 0.286 e. The molecule has 1 fully saturated rings. The summed E-state index contributed by atoms with van der Waals surface area (Å²) in [5.41, 5.74) is 2.40. The third kappa shape index (κ3) is 4.74. The number of hydrogen-bond acceptors (Lipinski definition) is 6. The van der Waals surface area contributed by atoms with Crippen LogP contribution in [-0.4, -0.2) is 47.1 Å². The molecule has 2 amide bonds. The summed E-state index contributed by atoms with van der Waals surface area (Å²) < 4.78 is 5.34. The molecule has 0 aliphatic carbocycles. The van der Waals surface area contributed by atoms with Crippen molar-refractivity contribution in [3.05, 3.63) is 69.7 Å². The second-order valence-corrected chi connectivity index (χ2v) is 8.57. The minimum Gasteiger partial charge on any atom is -0.496 e. The van der Waals surface area contributed by atoms with Crippen molar-refractivity contribution < 1.29 is 14.3 Å². The van der Waals surface area contributed by atoms with Crippen LogP contribution in [0.25, 0.3) is 0 Å². The number of rotatable bonds is 5. The standard InChI is InChI=1S/C23H24N4O3S/c1-15-9-11-17(12-10-15)24-20(28)22-26-25-21(31-22)16-6-5-13-27(14-16)23(29)18-7-3-4-8-19(18)30-2/h3-4,7-12,16H,5-6,13-14H2,1-2H3,(H,24,28). The van der Waals surface area contributed by atoms with Gasteiger partial charge in [0.2, 0.25) is 5.01 Å². The Balaban J connectivity index is 1.44. The number of carbonyl (C=O) groups is 2. The minimum atomic E-state index is -0.273. The molecule has 0 radical (unpaired) electrons. The Bertz CT molecular complexity index is 1080. The average molecular weight is 437 g/mol. The molecule has 2 aromatic carbocycles. The Labute approximate surface area is 185 Å². The van der Waals surface area contributed by atoms with Gasteiger partial charge in [0.15, 0.2) is 0 Å². The lowest BCUT2D eigenvalue weighted by Crippen LogP contribution is -2.39. The zero-order valence-electron chi connectivity index (χ0n) is 17.5. The predicted octanol–water partition coefficient (Wildman–Crippen LogP) is 4.13. The molecule has 160 valence electrons. The highest BCUT2D eigenvalue weighted by Crippen LogP contribution is 2.31. The van der Waals surface area contributed by atoms with Crippen LogP contribution in [0.4, 0.5) is 5.69 Å². The number of para-hydroxylation sites is 1. The van der Waals surface area contributed by atoms with E-state index in [2.05, 4.69) is 15.5 Å². The third-order valence-electron chi connectivity index (χ3n) is 5.34. The number of hydrogen-bond donors (Lipinski definition) is 1. The number of aromatic nitrogens is 2. The Kier molecular flexibility index (Phi) is 6.27. The van der Waals surface area contributed by atoms with Crippen LogP contribution >= 0.6 is 11.3 Å². The van der Waals surface area contributed by atoms with E-state index in [-0.39, 0.29) is 17.7 Å². The van der Waals surface area contributed by atoms with E-state index < -0.39 is 0 Å². The first-order valence-electron chi connectivity index (χ1n) is 10.2. The van der Waals surface area contributed by atoms with Crippen molar-refractivity contribution in [1.82, 2.24) is 15.1 Å². The number of aryl methyl sites for hydroxylation is 1. The van der Waals surface area contributed by atoms with Crippen molar-refractivity contribution in [1.29, 1.82) is 0 Å². The number of benzene rings is 2. The summed E-state index contributed by atoms with van der Waals surface area (Å²) in [7, 11) is 1.57. The average Bonchev–Trinajstić information content (AvgIpc) is 3.31. The maximum absolute atomic E-state index is 13.0. The molecule has 1 saturated heterocycles. The van der Waals surface area contributed by atoms with Crippen LogP contribution in [0.2, 0.25) is 0 Å². The van der Waals surface area contributed by atoms with Crippen LogP contribution in [0.1, 0.15) is 49.5 Å². The normalized spacial score (nSPS) is 16.1. The van der Waals surface area contributed by atoms with Gasteiger partial charge in [0.1, 0.15) is 10.8 Å². The highest BCUT2D eigenvalue weighted by molar-refractivity contribution is 7.13. The van der Waals surface area contributed by atoms with Crippen LogP contribution in [0.15, 0.2) is 48.5 Å². The summed E-state index contributed by atoms with van der Waals surface area (Å²) >= 11 is 1.29. The summed E-state index contributed by atoms with van der Waals surface area (Å²) in [6, 6.07) is 14.9. The van der Waals surface area contributed by atoms with Gasteiger partial charge in [-0.3, -0.25) is 9.59 Å². The fourth-order valence-corrected chi connectivity index (χ4v) is 4.53. The number of piperidine rings is 1. The van der Waals surface area contributed by atoms with Crippen molar-refractivity contribution in [3.63, 3.8) is 0 Å². The van der Waals surface area contributed by atoms with Crippen LogP contribution in [0.3, 0.4) is 0 Å². The van der Waals surface area contributed by atoms with Gasteiger partial charge < -0.3 is 15.0 Å². The van der Waals surface area contributed by atoms with E-state index in [9.17, 15) is 9.59 Å². The molecule has 1 aromatic heterocycles. The van der Waals surface area contributed by atoms with Crippen LogP contribution in [0.5, 0.6) is 5.75 Å². The number of ether oxygens (including phenoxy) is 1. The first-order valence-corrected chi connectivity index (χ1v) is 11.0. The summed E-state index contributed by atoms with van der Waals surface area (Å²) in [6.45, 7) is 3.23. The molecule has 1 atom stereocenters. The number of methoxy groups -OCH3 is 1. The lowest BCUT2D eigenvalue weighted by Gasteiger charge is -2.32. The second kappa shape index (κ2) is 9.26. The van der Waals surface area contributed by atoms with Gasteiger partial charge in [-0.05, 0) is 44.0 Å². The van der Waals surface area contributed by atoms with Gasteiger partial charge >= 0.3 is 0 Å². The van der Waals surface area contributed by atoms with Gasteiger partial charge in [0.05, 0.1) is 12.7 Å². The lowest BCUT2D eigenvalue weighted by atomic mass is 9.98. The summed E-state index contributed by atoms with van der Waals surface area (Å²) in [4.78, 5) is 27.4. The van der Waals surface area contributed by atoms with Gasteiger partial charge in [0, 0.05) is 24.7 Å². The zero-order valence-corrected chi connectivity index (χ0v) is 18.3. The Hall–Kier alpha value is -3.26. The molecule has 1 aliphatic heterocycles. The highest BCUT2D eigenvalue weighted by Gasteiger charge is 2.29. The first-order chi connectivity index (χ1) is 15.0. The SMILES string of the molecule is COc1ccccc1C(=O)N1CCCC(c2nnc(C(=O)Nc3ccc(C)cc3)s2)C1. The molecule has 31 heavy (non-hydrogen) atoms. The number of carbonyl (C=O) groups excluding carboxylic acids is 2. The van der Waals surface area contributed by atoms with Crippen molar-refractivity contribution in [3.8, 4) is 5.75 Å². The summed E-state index contributed by atoms with van der Waals surface area (Å²) in [5.74, 6) is 0.306. The van der Waals surface area contributed by atoms with Gasteiger partial charge in [-0.2, -0.15) is 0 Å². The summed E-state index contributed by atoms with van der Waals surface area (Å²) in [5, 5.41) is 12.3. The topological polar surface area (TPSA) is 84.4 Å². The molecular formula is C23H24N4O3S. The van der Waals surface area contributed by atoms with E-state index in [0.717, 1.165) is 29.1 Å². The van der Waals surface area contributed by atoms with E-state index >= 15 is 0 Å². The monoisotopic (exact) mass is 436 g/mol. The van der Waals surface area contributed by atoms with Gasteiger partial charge in [-0.15, -0.1) is 10.2 Å². The lowest BCUT2D eigenvalue weighted by molar-refractivity contribution is 0.0703. The van der Waals surface area contributed by atoms with E-state index in [1.165, 1.54) is 11.3 Å². The Morgan fingerprint density at radius 2 is 1.90 bits per heavy atom. The molecule has 4 rings (SSSR count).